The average molecular weight is 440 g/mol. The molecule has 0 aliphatic carbocycles. The smallest absolute Gasteiger partial charge is 0.239 e. The van der Waals surface area contributed by atoms with Gasteiger partial charge in [0.25, 0.3) is 0 Å². The highest BCUT2D eigenvalue weighted by molar-refractivity contribution is 5.95. The molecule has 1 aromatic carbocycles. The van der Waals surface area contributed by atoms with Crippen molar-refractivity contribution in [3.8, 4) is 0 Å². The molecule has 7 heteroatoms. The lowest BCUT2D eigenvalue weighted by molar-refractivity contribution is -0.127. The van der Waals surface area contributed by atoms with Crippen LogP contribution >= 0.6 is 0 Å². The monoisotopic (exact) mass is 439 g/mol. The van der Waals surface area contributed by atoms with Gasteiger partial charge in [-0.05, 0) is 70.9 Å². The minimum Gasteiger partial charge on any atom is -0.353 e. The topological polar surface area (TPSA) is 59.1 Å². The molecule has 0 aromatic heterocycles. The van der Waals surface area contributed by atoms with Crippen molar-refractivity contribution in [2.75, 3.05) is 51.7 Å². The molecule has 0 saturated carbocycles. The summed E-state index contributed by atoms with van der Waals surface area (Å²) in [5, 5.41) is 3.23. The molecule has 4 heterocycles. The van der Waals surface area contributed by atoms with Gasteiger partial charge in [0.1, 0.15) is 6.04 Å². The molecule has 5 rings (SSSR count). The third kappa shape index (κ3) is 4.06. The number of anilines is 1. The Morgan fingerprint density at radius 2 is 1.84 bits per heavy atom. The van der Waals surface area contributed by atoms with Crippen LogP contribution in [0.3, 0.4) is 0 Å². The fourth-order valence-corrected chi connectivity index (χ4v) is 6.35. The Bertz CT molecular complexity index is 852. The normalized spacial score (nSPS) is 30.1. The number of nitrogens with one attached hydrogen (secondary N) is 1. The van der Waals surface area contributed by atoms with Gasteiger partial charge in [-0.2, -0.15) is 0 Å². The second-order valence-corrected chi connectivity index (χ2v) is 10.1. The predicted octanol–water partition coefficient (Wildman–Crippen LogP) is 1.32. The molecular weight excluding hydrogens is 402 g/mol. The summed E-state index contributed by atoms with van der Waals surface area (Å²) < 4.78 is 0. The summed E-state index contributed by atoms with van der Waals surface area (Å²) in [6.07, 6.45) is 5.57. The Morgan fingerprint density at radius 1 is 1.06 bits per heavy atom. The molecule has 2 amide bonds. The third-order valence-corrected chi connectivity index (χ3v) is 8.32. The third-order valence-electron chi connectivity index (χ3n) is 8.32. The first kappa shape index (κ1) is 21.9. The minimum absolute atomic E-state index is 0.0560. The number of rotatable bonds is 4. The second kappa shape index (κ2) is 9.12. The van der Waals surface area contributed by atoms with Crippen LogP contribution in [-0.2, 0) is 16.0 Å². The molecule has 1 N–H and O–H groups in total. The van der Waals surface area contributed by atoms with Gasteiger partial charge in [-0.1, -0.05) is 18.2 Å². The summed E-state index contributed by atoms with van der Waals surface area (Å²) in [5.41, 5.74) is 2.34. The van der Waals surface area contributed by atoms with Gasteiger partial charge in [0, 0.05) is 49.9 Å². The number of amides is 2. The summed E-state index contributed by atoms with van der Waals surface area (Å²) in [6.45, 7) is 4.64. The highest BCUT2D eigenvalue weighted by Crippen LogP contribution is 2.32. The van der Waals surface area contributed by atoms with E-state index in [1.54, 1.807) is 0 Å². The lowest BCUT2D eigenvalue weighted by Gasteiger charge is -2.39. The Labute approximate surface area is 191 Å². The molecule has 7 nitrogen and oxygen atoms in total. The van der Waals surface area contributed by atoms with Crippen molar-refractivity contribution in [1.82, 2.24) is 20.0 Å². The number of hydrogen-bond acceptors (Lipinski definition) is 5. The summed E-state index contributed by atoms with van der Waals surface area (Å²) in [5.74, 6) is 0.385. The van der Waals surface area contributed by atoms with Crippen LogP contribution in [0.1, 0.15) is 37.7 Å². The zero-order valence-corrected chi connectivity index (χ0v) is 19.5. The van der Waals surface area contributed by atoms with Crippen LogP contribution in [0.2, 0.25) is 0 Å². The van der Waals surface area contributed by atoms with Crippen molar-refractivity contribution >= 4 is 17.5 Å². The number of likely N-dealkylation sites (N-methyl/N-ethyl adjacent to an activating group) is 1. The first-order valence-corrected chi connectivity index (χ1v) is 12.3. The van der Waals surface area contributed by atoms with E-state index in [1.807, 2.05) is 17.0 Å². The molecule has 4 aliphatic heterocycles. The molecular formula is C25H37N5O2. The number of carbonyl (C=O) groups is 2. The molecule has 4 aliphatic rings. The molecule has 3 fully saturated rings. The van der Waals surface area contributed by atoms with Gasteiger partial charge in [-0.3, -0.25) is 19.4 Å². The van der Waals surface area contributed by atoms with E-state index in [0.717, 1.165) is 64.0 Å². The molecule has 1 aromatic rings. The largest absolute Gasteiger partial charge is 0.353 e. The minimum atomic E-state index is -0.0560. The molecule has 3 saturated heterocycles. The molecule has 32 heavy (non-hydrogen) atoms. The maximum absolute atomic E-state index is 13.1. The molecule has 0 bridgehead atoms. The fraction of sp³-hybridized carbons (Fsp3) is 0.680. The van der Waals surface area contributed by atoms with Crippen molar-refractivity contribution in [3.63, 3.8) is 0 Å². The summed E-state index contributed by atoms with van der Waals surface area (Å²) in [6, 6.07) is 9.12. The first-order valence-electron chi connectivity index (χ1n) is 12.3. The maximum atomic E-state index is 13.1. The number of benzene rings is 1. The summed E-state index contributed by atoms with van der Waals surface area (Å²) in [4.78, 5) is 35.4. The van der Waals surface area contributed by atoms with Crippen molar-refractivity contribution < 1.29 is 9.59 Å². The summed E-state index contributed by atoms with van der Waals surface area (Å²) >= 11 is 0. The lowest BCUT2D eigenvalue weighted by atomic mass is 10.0. The number of likely N-dealkylation sites (tertiary alicyclic amines) is 2. The van der Waals surface area contributed by atoms with E-state index in [4.69, 9.17) is 0 Å². The van der Waals surface area contributed by atoms with Gasteiger partial charge in [-0.15, -0.1) is 0 Å². The zero-order chi connectivity index (χ0) is 22.2. The SMILES string of the molecule is CN1CCC(N2CC[C@@H]3[C@H]2C(=O)NC[C@H](CCC(=O)N2CCc4ccccc42)N3C)CC1. The van der Waals surface area contributed by atoms with Crippen LogP contribution in [0.15, 0.2) is 24.3 Å². The van der Waals surface area contributed by atoms with E-state index in [9.17, 15) is 9.59 Å². The van der Waals surface area contributed by atoms with Crippen molar-refractivity contribution in [2.24, 2.45) is 0 Å². The fourth-order valence-electron chi connectivity index (χ4n) is 6.35. The van der Waals surface area contributed by atoms with Crippen LogP contribution < -0.4 is 10.2 Å². The van der Waals surface area contributed by atoms with Gasteiger partial charge in [-0.25, -0.2) is 0 Å². The van der Waals surface area contributed by atoms with Gasteiger partial charge in [0.2, 0.25) is 11.8 Å². The lowest BCUT2D eigenvalue weighted by Crippen LogP contribution is -2.54. The molecule has 0 spiro atoms. The second-order valence-electron chi connectivity index (χ2n) is 10.1. The highest BCUT2D eigenvalue weighted by atomic mass is 16.2. The number of piperidine rings is 1. The average Bonchev–Trinajstić information content (AvgIpc) is 3.41. The Morgan fingerprint density at radius 3 is 2.66 bits per heavy atom. The Hall–Kier alpha value is -1.96. The maximum Gasteiger partial charge on any atom is 0.239 e. The number of nitrogens with zero attached hydrogens (tertiary/aromatic N) is 4. The van der Waals surface area contributed by atoms with E-state index in [2.05, 4.69) is 46.2 Å². The van der Waals surface area contributed by atoms with E-state index in [1.165, 1.54) is 5.56 Å². The van der Waals surface area contributed by atoms with Crippen molar-refractivity contribution in [3.05, 3.63) is 29.8 Å². The van der Waals surface area contributed by atoms with Gasteiger partial charge in [0.05, 0.1) is 0 Å². The van der Waals surface area contributed by atoms with Gasteiger partial charge in [0.15, 0.2) is 0 Å². The standard InChI is InChI=1S/C25H37N5O2/c1-27-13-10-19(11-14-27)29-16-12-22-24(29)25(32)26-17-20(28(22)2)7-8-23(31)30-15-9-18-5-3-4-6-21(18)30/h3-6,19-20,22,24H,7-17H2,1-2H3,(H,26,32)/t20-,22+,24-/m0/s1. The summed E-state index contributed by atoms with van der Waals surface area (Å²) in [7, 11) is 4.35. The van der Waals surface area contributed by atoms with Crippen molar-refractivity contribution in [2.45, 2.75) is 62.7 Å². The van der Waals surface area contributed by atoms with E-state index < -0.39 is 0 Å². The number of para-hydroxylation sites is 1. The van der Waals surface area contributed by atoms with E-state index in [0.29, 0.717) is 19.0 Å². The quantitative estimate of drug-likeness (QED) is 0.767. The first-order chi connectivity index (χ1) is 15.5. The van der Waals surface area contributed by atoms with Gasteiger partial charge >= 0.3 is 0 Å². The number of carbonyl (C=O) groups excluding carboxylic acids is 2. The highest BCUT2D eigenvalue weighted by Gasteiger charge is 2.47. The van der Waals surface area contributed by atoms with Crippen LogP contribution in [0, 0.1) is 0 Å². The molecule has 3 atom stereocenters. The number of hydrogen-bond donors (Lipinski definition) is 1. The van der Waals surface area contributed by atoms with Gasteiger partial charge < -0.3 is 15.1 Å². The number of fused-ring (bicyclic) bond motifs is 2. The molecule has 174 valence electrons. The van der Waals surface area contributed by atoms with E-state index >= 15 is 0 Å². The van der Waals surface area contributed by atoms with Crippen LogP contribution in [0.4, 0.5) is 5.69 Å². The molecule has 0 radical (unpaired) electrons. The zero-order valence-electron chi connectivity index (χ0n) is 19.5. The van der Waals surface area contributed by atoms with E-state index in [-0.39, 0.29) is 29.9 Å². The Kier molecular flexibility index (Phi) is 6.23. The van der Waals surface area contributed by atoms with Crippen LogP contribution in [-0.4, -0.2) is 97.5 Å². The van der Waals surface area contributed by atoms with Crippen LogP contribution in [0.25, 0.3) is 0 Å². The molecule has 0 unspecified atom stereocenters. The Balaban J connectivity index is 1.22. The van der Waals surface area contributed by atoms with Crippen molar-refractivity contribution in [1.29, 1.82) is 0 Å². The van der Waals surface area contributed by atoms with Crippen LogP contribution in [0.5, 0.6) is 0 Å². The predicted molar refractivity (Wildman–Crippen MR) is 126 cm³/mol.